The molecule has 0 saturated carbocycles. The Balaban J connectivity index is 1.93. The Bertz CT molecular complexity index is 90.6. The first kappa shape index (κ1) is 6.81. The van der Waals surface area contributed by atoms with Crippen LogP contribution >= 0.6 is 0 Å². The van der Waals surface area contributed by atoms with Gasteiger partial charge in [-0.05, 0) is 0 Å². The molecule has 2 fully saturated rings. The summed E-state index contributed by atoms with van der Waals surface area (Å²) in [4.78, 5) is 0. The Hall–Kier alpha value is 0.125. The molecule has 10 heteroatoms. The van der Waals surface area contributed by atoms with Crippen molar-refractivity contribution in [2.45, 2.75) is 0 Å². The van der Waals surface area contributed by atoms with E-state index in [0.29, 0.717) is 7.12 Å². The number of nitrogens with one attached hydrogen (secondary N) is 4. The van der Waals surface area contributed by atoms with E-state index in [1.165, 1.54) is 0 Å². The van der Waals surface area contributed by atoms with E-state index in [1.807, 2.05) is 0 Å². The molecule has 0 bridgehead atoms. The van der Waals surface area contributed by atoms with Crippen molar-refractivity contribution in [3.05, 3.63) is 0 Å². The van der Waals surface area contributed by atoms with Crippen molar-refractivity contribution in [1.29, 1.82) is 0 Å². The maximum absolute atomic E-state index is 3.28. The minimum absolute atomic E-state index is 0.363. The van der Waals surface area contributed by atoms with Gasteiger partial charge in [0.2, 0.25) is 0 Å². The van der Waals surface area contributed by atoms with Crippen LogP contribution in [0.1, 0.15) is 0 Å². The Labute approximate surface area is 63.3 Å². The average Bonchev–Trinajstić information content (AvgIpc) is 2.05. The molecule has 48 valence electrons. The van der Waals surface area contributed by atoms with E-state index in [9.17, 15) is 0 Å². The average molecular weight is 132 g/mol. The Kier molecular flexibility index (Phi) is 2.06. The normalized spacial score (nSPS) is 25.0. The maximum Gasteiger partial charge on any atom is 0.355 e. The molecule has 0 aliphatic carbocycles. The van der Waals surface area contributed by atoms with Crippen molar-refractivity contribution in [2.24, 2.45) is 0 Å². The van der Waals surface area contributed by atoms with Crippen molar-refractivity contribution in [1.82, 2.24) is 25.2 Å². The summed E-state index contributed by atoms with van der Waals surface area (Å²) in [6.07, 6.45) is 0. The molecule has 10 heavy (non-hydrogen) atoms. The fourth-order valence-electron chi connectivity index (χ4n) is 1.31. The lowest BCUT2D eigenvalue weighted by Crippen LogP contribution is -2.78. The van der Waals surface area contributed by atoms with E-state index in [2.05, 4.69) is 25.2 Å². The van der Waals surface area contributed by atoms with Crippen molar-refractivity contribution in [3.8, 4) is 0 Å². The number of fused-ring (bicyclic) bond motifs is 1. The summed E-state index contributed by atoms with van der Waals surface area (Å²) in [5, 5.41) is 13.0. The second kappa shape index (κ2) is 3.02. The monoisotopic (exact) mass is 133 g/mol. The zero-order valence-corrected chi connectivity index (χ0v) is 5.85. The molecular weight excluding hydrogens is 124 g/mol. The van der Waals surface area contributed by atoms with Crippen LogP contribution in [0.25, 0.3) is 0 Å². The lowest BCUT2D eigenvalue weighted by molar-refractivity contribution is 0.905. The van der Waals surface area contributed by atoms with Crippen molar-refractivity contribution in [3.63, 3.8) is 0 Å². The van der Waals surface area contributed by atoms with Gasteiger partial charge in [0, 0.05) is 0 Å². The highest BCUT2D eigenvalue weighted by Gasteiger charge is 2.30. The lowest BCUT2D eigenvalue weighted by atomic mass is 9.61. The number of hydrogen-bond donors (Lipinski definition) is 4. The summed E-state index contributed by atoms with van der Waals surface area (Å²) in [5.41, 5.74) is 0. The molecule has 0 atom stereocenters. The predicted octanol–water partition coefficient (Wildman–Crippen LogP) is -5.28. The van der Waals surface area contributed by atoms with Gasteiger partial charge < -0.3 is 25.2 Å². The highest BCUT2D eigenvalue weighted by molar-refractivity contribution is 6.86. The quantitative estimate of drug-likeness (QED) is 0.248. The minimum Gasteiger partial charge on any atom is -0.379 e. The molecule has 0 aromatic carbocycles. The molecule has 2 heterocycles. The third-order valence-corrected chi connectivity index (χ3v) is 1.84. The van der Waals surface area contributed by atoms with Crippen LogP contribution in [0.3, 0.4) is 0 Å². The molecule has 4 N–H and O–H groups in total. The van der Waals surface area contributed by atoms with Crippen LogP contribution in [0, 0.1) is 0 Å². The van der Waals surface area contributed by atoms with E-state index in [0.717, 1.165) is 30.2 Å². The fourth-order valence-corrected chi connectivity index (χ4v) is 1.31. The van der Waals surface area contributed by atoms with Gasteiger partial charge in [0.25, 0.3) is 30.2 Å². The summed E-state index contributed by atoms with van der Waals surface area (Å²) in [6.45, 7) is 0. The van der Waals surface area contributed by atoms with Crippen LogP contribution in [0.2, 0.25) is 0 Å². The molecule has 2 rings (SSSR count). The third-order valence-electron chi connectivity index (χ3n) is 1.84. The van der Waals surface area contributed by atoms with E-state index in [1.54, 1.807) is 0 Å². The van der Waals surface area contributed by atoms with Crippen LogP contribution < -0.4 is 20.6 Å². The summed E-state index contributed by atoms with van der Waals surface area (Å²) >= 11 is 0. The topological polar surface area (TPSA) is 51.4 Å². The van der Waals surface area contributed by atoms with Crippen LogP contribution in [-0.4, -0.2) is 41.9 Å². The van der Waals surface area contributed by atoms with Crippen molar-refractivity contribution in [2.75, 3.05) is 0 Å². The van der Waals surface area contributed by atoms with Gasteiger partial charge in [-0.25, -0.2) is 0 Å². The van der Waals surface area contributed by atoms with Crippen LogP contribution in [0.15, 0.2) is 0 Å². The second-order valence-electron chi connectivity index (χ2n) is 2.57. The highest BCUT2D eigenvalue weighted by Crippen LogP contribution is 1.86. The molecular formula is H8B5N5. The molecule has 2 aliphatic rings. The first-order valence-corrected chi connectivity index (χ1v) is 3.59. The maximum atomic E-state index is 3.28. The molecule has 0 aromatic rings. The molecule has 5 nitrogen and oxygen atoms in total. The molecule has 0 radical (unpaired) electrons. The Morgan fingerprint density at radius 2 is 1.60 bits per heavy atom. The highest BCUT2D eigenvalue weighted by atomic mass is 15.2. The number of hydrogen-bond acceptors (Lipinski definition) is 5. The van der Waals surface area contributed by atoms with Gasteiger partial charge in [0.1, 0.15) is 0 Å². The van der Waals surface area contributed by atoms with Gasteiger partial charge in [-0.15, -0.1) is 0 Å². The van der Waals surface area contributed by atoms with Gasteiger partial charge in [-0.2, -0.15) is 0 Å². The molecule has 2 aliphatic heterocycles. The molecule has 0 amide bonds. The summed E-state index contributed by atoms with van der Waals surface area (Å²) in [5.74, 6) is 0. The Morgan fingerprint density at radius 3 is 2.10 bits per heavy atom. The summed E-state index contributed by atoms with van der Waals surface area (Å²) in [6, 6.07) is 0. The standard InChI is InChI=1S/B5H8N5/c1-6-3-10-4-7-2-9-5(10)8-1/h1-4,6-9H. The van der Waals surface area contributed by atoms with E-state index in [4.69, 9.17) is 0 Å². The largest absolute Gasteiger partial charge is 0.379 e. The van der Waals surface area contributed by atoms with Crippen molar-refractivity contribution < 1.29 is 0 Å². The van der Waals surface area contributed by atoms with Crippen molar-refractivity contribution >= 4 is 37.3 Å². The first-order chi connectivity index (χ1) is 4.97. The third kappa shape index (κ3) is 1.26. The van der Waals surface area contributed by atoms with Crippen LogP contribution in [-0.2, 0) is 0 Å². The lowest BCUT2D eigenvalue weighted by Gasteiger charge is -2.36. The number of nitrogens with zero attached hydrogens (tertiary/aromatic N) is 1. The number of rotatable bonds is 0. The minimum atomic E-state index is 0.363. The predicted molar refractivity (Wildman–Crippen MR) is 48.7 cm³/mol. The smallest absolute Gasteiger partial charge is 0.355 e. The van der Waals surface area contributed by atoms with E-state index >= 15 is 0 Å². The fraction of sp³-hybridized carbons (Fsp3) is 0. The Morgan fingerprint density at radius 1 is 1.00 bits per heavy atom. The molecule has 0 unspecified atom stereocenters. The van der Waals surface area contributed by atoms with Gasteiger partial charge in [-0.1, -0.05) is 0 Å². The molecule has 0 aromatic heterocycles. The molecule has 2 saturated heterocycles. The second-order valence-corrected chi connectivity index (χ2v) is 2.57. The van der Waals surface area contributed by atoms with Gasteiger partial charge in [0.15, 0.2) is 0 Å². The molecule has 0 spiro atoms. The van der Waals surface area contributed by atoms with E-state index < -0.39 is 0 Å². The van der Waals surface area contributed by atoms with Gasteiger partial charge in [-0.3, -0.25) is 0 Å². The summed E-state index contributed by atoms with van der Waals surface area (Å²) < 4.78 is 2.26. The van der Waals surface area contributed by atoms with Crippen LogP contribution in [0.4, 0.5) is 0 Å². The zero-order valence-electron chi connectivity index (χ0n) is 5.85. The first-order valence-electron chi connectivity index (χ1n) is 3.59. The SMILES string of the molecule is B1NBN2BNBNB2N1. The van der Waals surface area contributed by atoms with Gasteiger partial charge >= 0.3 is 7.12 Å². The van der Waals surface area contributed by atoms with E-state index in [-0.39, 0.29) is 0 Å². The summed E-state index contributed by atoms with van der Waals surface area (Å²) in [7, 11) is 4.07. The zero-order chi connectivity index (χ0) is 6.81. The van der Waals surface area contributed by atoms with Gasteiger partial charge in [0.05, 0.1) is 0 Å². The van der Waals surface area contributed by atoms with Crippen LogP contribution in [0.5, 0.6) is 0 Å².